The van der Waals surface area contributed by atoms with Crippen LogP contribution in [0.5, 0.6) is 0 Å². The lowest BCUT2D eigenvalue weighted by Gasteiger charge is -2.34. The number of fused-ring (bicyclic) bond motifs is 1. The molecule has 1 heterocycles. The SMILES string of the molecule is Brc1ccc(C(c2ccccc2)(c2ccccc2)c2cc3ccccc3o2)cc1. The summed E-state index contributed by atoms with van der Waals surface area (Å²) in [4.78, 5) is 0. The maximum atomic E-state index is 6.52. The maximum Gasteiger partial charge on any atom is 0.134 e. The zero-order valence-corrected chi connectivity index (χ0v) is 17.3. The summed E-state index contributed by atoms with van der Waals surface area (Å²) in [5.41, 5.74) is 3.86. The third kappa shape index (κ3) is 3.01. The second-order valence-electron chi connectivity index (χ2n) is 7.14. The highest BCUT2D eigenvalue weighted by atomic mass is 79.9. The molecular formula is C27H19BrO. The minimum Gasteiger partial charge on any atom is -0.459 e. The van der Waals surface area contributed by atoms with E-state index in [1.54, 1.807) is 0 Å². The Hall–Kier alpha value is -3.10. The van der Waals surface area contributed by atoms with Gasteiger partial charge in [-0.2, -0.15) is 0 Å². The van der Waals surface area contributed by atoms with E-state index in [9.17, 15) is 0 Å². The number of halogens is 1. The second kappa shape index (κ2) is 7.38. The minimum absolute atomic E-state index is 0.553. The fraction of sp³-hybridized carbons (Fsp3) is 0.0370. The van der Waals surface area contributed by atoms with Gasteiger partial charge in [0.15, 0.2) is 0 Å². The molecule has 0 saturated heterocycles. The third-order valence-corrected chi connectivity index (χ3v) is 6.01. The van der Waals surface area contributed by atoms with Crippen molar-refractivity contribution in [1.82, 2.24) is 0 Å². The molecule has 0 atom stereocenters. The van der Waals surface area contributed by atoms with E-state index >= 15 is 0 Å². The van der Waals surface area contributed by atoms with Crippen molar-refractivity contribution in [2.24, 2.45) is 0 Å². The van der Waals surface area contributed by atoms with Gasteiger partial charge in [-0.3, -0.25) is 0 Å². The molecule has 5 aromatic rings. The predicted molar refractivity (Wildman–Crippen MR) is 122 cm³/mol. The molecule has 0 spiro atoms. The zero-order valence-electron chi connectivity index (χ0n) is 15.8. The van der Waals surface area contributed by atoms with Gasteiger partial charge in [0.2, 0.25) is 0 Å². The fourth-order valence-electron chi connectivity index (χ4n) is 4.17. The molecule has 29 heavy (non-hydrogen) atoms. The van der Waals surface area contributed by atoms with Crippen molar-refractivity contribution in [1.29, 1.82) is 0 Å². The molecule has 140 valence electrons. The molecule has 0 amide bonds. The highest BCUT2D eigenvalue weighted by Gasteiger charge is 2.41. The standard InChI is InChI=1S/C27H19BrO/c28-24-17-15-23(16-18-24)27(21-10-3-1-4-11-21,22-12-5-2-6-13-22)26-19-20-9-7-8-14-25(20)29-26/h1-19H. The molecule has 0 radical (unpaired) electrons. The van der Waals surface area contributed by atoms with E-state index in [-0.39, 0.29) is 0 Å². The average Bonchev–Trinajstić information content (AvgIpc) is 3.21. The summed E-state index contributed by atoms with van der Waals surface area (Å²) in [6.45, 7) is 0. The van der Waals surface area contributed by atoms with Crippen LogP contribution in [0.3, 0.4) is 0 Å². The van der Waals surface area contributed by atoms with Gasteiger partial charge in [-0.25, -0.2) is 0 Å². The number of hydrogen-bond acceptors (Lipinski definition) is 1. The smallest absolute Gasteiger partial charge is 0.134 e. The van der Waals surface area contributed by atoms with E-state index in [4.69, 9.17) is 4.42 Å². The normalized spacial score (nSPS) is 11.6. The first-order chi connectivity index (χ1) is 14.3. The molecule has 1 aromatic heterocycles. The molecule has 4 aromatic carbocycles. The Morgan fingerprint density at radius 1 is 0.552 bits per heavy atom. The van der Waals surface area contributed by atoms with Crippen LogP contribution in [-0.2, 0) is 5.41 Å². The van der Waals surface area contributed by atoms with Gasteiger partial charge in [0.05, 0.1) is 0 Å². The van der Waals surface area contributed by atoms with E-state index in [0.717, 1.165) is 26.8 Å². The summed E-state index contributed by atoms with van der Waals surface area (Å²) in [7, 11) is 0. The number of para-hydroxylation sites is 1. The topological polar surface area (TPSA) is 13.1 Å². The Morgan fingerprint density at radius 2 is 1.07 bits per heavy atom. The first-order valence-corrected chi connectivity index (χ1v) is 10.4. The Balaban J connectivity index is 1.92. The zero-order chi connectivity index (χ0) is 19.7. The van der Waals surface area contributed by atoms with E-state index in [1.165, 1.54) is 11.1 Å². The number of benzene rings is 4. The van der Waals surface area contributed by atoms with Crippen LogP contribution in [0.15, 0.2) is 124 Å². The summed E-state index contributed by atoms with van der Waals surface area (Å²) in [6, 6.07) is 40.1. The summed E-state index contributed by atoms with van der Waals surface area (Å²) in [5, 5.41) is 1.11. The Bertz CT molecular complexity index is 1170. The van der Waals surface area contributed by atoms with Gasteiger partial charge >= 0.3 is 0 Å². The molecule has 0 N–H and O–H groups in total. The first-order valence-electron chi connectivity index (χ1n) is 9.64. The number of furan rings is 1. The Kier molecular flexibility index (Phi) is 4.57. The van der Waals surface area contributed by atoms with Crippen molar-refractivity contribution in [2.75, 3.05) is 0 Å². The number of rotatable bonds is 4. The molecule has 0 aliphatic rings. The van der Waals surface area contributed by atoms with E-state index in [1.807, 2.05) is 18.2 Å². The van der Waals surface area contributed by atoms with E-state index in [2.05, 4.69) is 113 Å². The molecular weight excluding hydrogens is 420 g/mol. The average molecular weight is 439 g/mol. The maximum absolute atomic E-state index is 6.52. The monoisotopic (exact) mass is 438 g/mol. The molecule has 5 rings (SSSR count). The Morgan fingerprint density at radius 3 is 1.66 bits per heavy atom. The molecule has 2 heteroatoms. The van der Waals surface area contributed by atoms with E-state index in [0.29, 0.717) is 0 Å². The van der Waals surface area contributed by atoms with Gasteiger partial charge in [-0.1, -0.05) is 107 Å². The largest absolute Gasteiger partial charge is 0.459 e. The van der Waals surface area contributed by atoms with Crippen molar-refractivity contribution < 1.29 is 4.42 Å². The molecule has 1 nitrogen and oxygen atoms in total. The predicted octanol–water partition coefficient (Wildman–Crippen LogP) is 7.58. The van der Waals surface area contributed by atoms with Gasteiger partial charge in [0.1, 0.15) is 16.8 Å². The summed E-state index contributed by atoms with van der Waals surface area (Å²) in [6.07, 6.45) is 0. The quantitative estimate of drug-likeness (QED) is 0.263. The summed E-state index contributed by atoms with van der Waals surface area (Å²) in [5.74, 6) is 0.915. The highest BCUT2D eigenvalue weighted by Crippen LogP contribution is 2.46. The van der Waals surface area contributed by atoms with Crippen molar-refractivity contribution >= 4 is 26.9 Å². The molecule has 0 aliphatic heterocycles. The number of hydrogen-bond donors (Lipinski definition) is 0. The van der Waals surface area contributed by atoms with E-state index < -0.39 is 5.41 Å². The fourth-order valence-corrected chi connectivity index (χ4v) is 4.43. The van der Waals surface area contributed by atoms with Crippen LogP contribution in [0.25, 0.3) is 11.0 Å². The minimum atomic E-state index is -0.553. The third-order valence-electron chi connectivity index (χ3n) is 5.49. The second-order valence-corrected chi connectivity index (χ2v) is 8.05. The first kappa shape index (κ1) is 18.0. The lowest BCUT2D eigenvalue weighted by molar-refractivity contribution is 0.492. The van der Waals surface area contributed by atoms with Gasteiger partial charge in [-0.05, 0) is 41.0 Å². The van der Waals surface area contributed by atoms with Crippen molar-refractivity contribution in [3.05, 3.63) is 142 Å². The van der Waals surface area contributed by atoms with Crippen LogP contribution in [0, 0.1) is 0 Å². The summed E-state index contributed by atoms with van der Waals surface area (Å²) < 4.78 is 7.57. The highest BCUT2D eigenvalue weighted by molar-refractivity contribution is 9.10. The van der Waals surface area contributed by atoms with Crippen LogP contribution in [0.4, 0.5) is 0 Å². The molecule has 0 unspecified atom stereocenters. The van der Waals surface area contributed by atoms with Crippen molar-refractivity contribution in [3.63, 3.8) is 0 Å². The molecule has 0 fully saturated rings. The van der Waals surface area contributed by atoms with Crippen molar-refractivity contribution in [2.45, 2.75) is 5.41 Å². The van der Waals surface area contributed by atoms with Crippen LogP contribution in [0.2, 0.25) is 0 Å². The Labute approximate surface area is 178 Å². The van der Waals surface area contributed by atoms with Crippen molar-refractivity contribution in [3.8, 4) is 0 Å². The molecule has 0 saturated carbocycles. The van der Waals surface area contributed by atoms with Crippen LogP contribution in [0.1, 0.15) is 22.5 Å². The molecule has 0 aliphatic carbocycles. The molecule has 0 bridgehead atoms. The van der Waals surface area contributed by atoms with Gasteiger partial charge in [0.25, 0.3) is 0 Å². The van der Waals surface area contributed by atoms with Gasteiger partial charge < -0.3 is 4.42 Å². The lowest BCUT2D eigenvalue weighted by atomic mass is 9.68. The van der Waals surface area contributed by atoms with Gasteiger partial charge in [0, 0.05) is 9.86 Å². The summed E-state index contributed by atoms with van der Waals surface area (Å²) >= 11 is 3.59. The van der Waals surface area contributed by atoms with Crippen LogP contribution in [-0.4, -0.2) is 0 Å². The van der Waals surface area contributed by atoms with Crippen LogP contribution >= 0.6 is 15.9 Å². The van der Waals surface area contributed by atoms with Crippen LogP contribution < -0.4 is 0 Å². The van der Waals surface area contributed by atoms with Gasteiger partial charge in [-0.15, -0.1) is 0 Å². The lowest BCUT2D eigenvalue weighted by Crippen LogP contribution is -2.30.